The number of thiophene rings is 1. The smallest absolute Gasteiger partial charge is 0.230 e. The number of hydrogen-bond donors (Lipinski definition) is 2. The van der Waals surface area contributed by atoms with E-state index < -0.39 is 0 Å². The highest BCUT2D eigenvalue weighted by Crippen LogP contribution is 2.41. The summed E-state index contributed by atoms with van der Waals surface area (Å²) in [4.78, 5) is 18.6. The van der Waals surface area contributed by atoms with Crippen molar-refractivity contribution < 1.29 is 9.53 Å². The van der Waals surface area contributed by atoms with Gasteiger partial charge in [0.15, 0.2) is 11.0 Å². The van der Waals surface area contributed by atoms with E-state index in [0.717, 1.165) is 45.8 Å². The first-order valence-electron chi connectivity index (χ1n) is 10.8. The Morgan fingerprint density at radius 2 is 2.18 bits per heavy atom. The van der Waals surface area contributed by atoms with E-state index in [4.69, 9.17) is 10.5 Å². The summed E-state index contributed by atoms with van der Waals surface area (Å²) in [7, 11) is 0. The number of nitrogens with two attached hydrogens (primary N) is 1. The Hall–Kier alpha value is -2.95. The second kappa shape index (κ2) is 9.50. The van der Waals surface area contributed by atoms with Crippen LogP contribution >= 0.6 is 23.1 Å². The Morgan fingerprint density at radius 1 is 1.30 bits per heavy atom. The van der Waals surface area contributed by atoms with E-state index in [1.165, 1.54) is 23.1 Å². The summed E-state index contributed by atoms with van der Waals surface area (Å²) < 4.78 is 7.56. The van der Waals surface area contributed by atoms with Crippen LogP contribution in [0.25, 0.3) is 26.6 Å². The zero-order chi connectivity index (χ0) is 22.8. The number of para-hydroxylation sites is 1. The molecule has 1 aromatic carbocycles. The van der Waals surface area contributed by atoms with Crippen molar-refractivity contribution in [1.82, 2.24) is 25.1 Å². The van der Waals surface area contributed by atoms with Gasteiger partial charge >= 0.3 is 0 Å². The first kappa shape index (κ1) is 21.9. The third-order valence-corrected chi connectivity index (χ3v) is 7.63. The lowest BCUT2D eigenvalue weighted by Crippen LogP contribution is -2.32. The highest BCUT2D eigenvalue weighted by Gasteiger charge is 2.23. The van der Waals surface area contributed by atoms with E-state index in [9.17, 15) is 4.79 Å². The molecule has 0 bridgehead atoms. The van der Waals surface area contributed by atoms with Gasteiger partial charge in [-0.05, 0) is 43.5 Å². The van der Waals surface area contributed by atoms with E-state index in [-0.39, 0.29) is 17.8 Å². The number of aromatic nitrogens is 4. The molecule has 1 saturated heterocycles. The number of amides is 1. The number of aryl methyl sites for hydroxylation is 1. The van der Waals surface area contributed by atoms with Gasteiger partial charge in [0.05, 0.1) is 28.1 Å². The van der Waals surface area contributed by atoms with E-state index in [1.807, 2.05) is 47.9 Å². The normalized spacial score (nSPS) is 15.8. The minimum atomic E-state index is -0.0537. The number of carbonyl (C=O) groups is 1. The SMILES string of the molecule is Cc1ccccc1-n1c(SCC(=O)NCC2CCCO2)nnc1-c1sc2ncccc2c1N. The Morgan fingerprint density at radius 3 is 2.97 bits per heavy atom. The fourth-order valence-electron chi connectivity index (χ4n) is 3.87. The number of fused-ring (bicyclic) bond motifs is 1. The zero-order valence-corrected chi connectivity index (χ0v) is 19.8. The number of carbonyl (C=O) groups excluding carboxylic acids is 1. The van der Waals surface area contributed by atoms with Gasteiger partial charge < -0.3 is 15.8 Å². The van der Waals surface area contributed by atoms with Crippen molar-refractivity contribution in [3.05, 3.63) is 48.2 Å². The summed E-state index contributed by atoms with van der Waals surface area (Å²) in [5, 5.41) is 13.4. The molecule has 0 radical (unpaired) electrons. The van der Waals surface area contributed by atoms with E-state index in [2.05, 4.69) is 20.5 Å². The van der Waals surface area contributed by atoms with Gasteiger partial charge in [-0.2, -0.15) is 0 Å². The third-order valence-electron chi connectivity index (χ3n) is 5.58. The van der Waals surface area contributed by atoms with Crippen LogP contribution in [-0.2, 0) is 9.53 Å². The first-order chi connectivity index (χ1) is 16.1. The largest absolute Gasteiger partial charge is 0.397 e. The lowest BCUT2D eigenvalue weighted by molar-refractivity contribution is -0.119. The number of benzene rings is 1. The number of hydrogen-bond acceptors (Lipinski definition) is 8. The Balaban J connectivity index is 1.46. The topological polar surface area (TPSA) is 108 Å². The number of anilines is 1. The number of thioether (sulfide) groups is 1. The molecule has 0 saturated carbocycles. The average molecular weight is 481 g/mol. The summed E-state index contributed by atoms with van der Waals surface area (Å²) in [6.07, 6.45) is 3.91. The Bertz CT molecular complexity index is 1300. The van der Waals surface area contributed by atoms with Crippen molar-refractivity contribution >= 4 is 44.9 Å². The van der Waals surface area contributed by atoms with E-state index >= 15 is 0 Å². The molecular formula is C23H24N6O2S2. The number of ether oxygens (including phenoxy) is 1. The van der Waals surface area contributed by atoms with Crippen molar-refractivity contribution in [3.63, 3.8) is 0 Å². The van der Waals surface area contributed by atoms with Gasteiger partial charge in [0.2, 0.25) is 5.91 Å². The lowest BCUT2D eigenvalue weighted by atomic mass is 10.2. The van der Waals surface area contributed by atoms with Crippen molar-refractivity contribution in [2.24, 2.45) is 0 Å². The highest BCUT2D eigenvalue weighted by molar-refractivity contribution is 7.99. The van der Waals surface area contributed by atoms with Gasteiger partial charge in [-0.25, -0.2) is 4.98 Å². The Labute approximate surface area is 199 Å². The maximum atomic E-state index is 12.5. The summed E-state index contributed by atoms with van der Waals surface area (Å²) in [6.45, 7) is 3.35. The molecule has 3 aromatic heterocycles. The average Bonchev–Trinajstić information content (AvgIpc) is 3.56. The molecule has 0 aliphatic carbocycles. The van der Waals surface area contributed by atoms with Gasteiger partial charge in [0, 0.05) is 24.7 Å². The maximum Gasteiger partial charge on any atom is 0.230 e. The molecule has 1 fully saturated rings. The van der Waals surface area contributed by atoms with Crippen LogP contribution in [0.1, 0.15) is 18.4 Å². The molecule has 4 aromatic rings. The third kappa shape index (κ3) is 4.46. The molecule has 0 spiro atoms. The van der Waals surface area contributed by atoms with Crippen molar-refractivity contribution in [2.45, 2.75) is 31.0 Å². The summed E-state index contributed by atoms with van der Waals surface area (Å²) >= 11 is 2.84. The second-order valence-electron chi connectivity index (χ2n) is 7.86. The molecule has 10 heteroatoms. The fourth-order valence-corrected chi connectivity index (χ4v) is 5.69. The molecule has 4 heterocycles. The van der Waals surface area contributed by atoms with Gasteiger partial charge in [-0.15, -0.1) is 21.5 Å². The van der Waals surface area contributed by atoms with Crippen LogP contribution in [0.4, 0.5) is 5.69 Å². The van der Waals surface area contributed by atoms with Crippen molar-refractivity contribution in [1.29, 1.82) is 0 Å². The minimum Gasteiger partial charge on any atom is -0.397 e. The predicted molar refractivity (Wildman–Crippen MR) is 132 cm³/mol. The number of nitrogen functional groups attached to an aromatic ring is 1. The molecule has 1 unspecified atom stereocenters. The summed E-state index contributed by atoms with van der Waals surface area (Å²) in [5.74, 6) is 0.828. The molecule has 170 valence electrons. The quantitative estimate of drug-likeness (QED) is 0.387. The standard InChI is InChI=1S/C23H24N6O2S2/c1-14-6-2-3-9-17(14)29-21(20-19(24)16-8-4-10-25-22(16)33-20)27-28-23(29)32-13-18(30)26-12-15-7-5-11-31-15/h2-4,6,8-10,15H,5,7,11-13,24H2,1H3,(H,26,30). The molecule has 1 aliphatic rings. The van der Waals surface area contributed by atoms with Crippen LogP contribution < -0.4 is 11.1 Å². The van der Waals surface area contributed by atoms with Gasteiger partial charge in [-0.1, -0.05) is 30.0 Å². The van der Waals surface area contributed by atoms with Crippen LogP contribution in [0, 0.1) is 6.92 Å². The predicted octanol–water partition coefficient (Wildman–Crippen LogP) is 3.82. The minimum absolute atomic E-state index is 0.0537. The molecule has 5 rings (SSSR count). The number of rotatable bonds is 7. The van der Waals surface area contributed by atoms with Gasteiger partial charge in [0.25, 0.3) is 0 Å². The van der Waals surface area contributed by atoms with Crippen LogP contribution in [0.15, 0.2) is 47.8 Å². The second-order valence-corrected chi connectivity index (χ2v) is 9.80. The highest BCUT2D eigenvalue weighted by atomic mass is 32.2. The van der Waals surface area contributed by atoms with E-state index in [1.54, 1.807) is 6.20 Å². The lowest BCUT2D eigenvalue weighted by Gasteiger charge is -2.13. The van der Waals surface area contributed by atoms with Crippen LogP contribution in [0.3, 0.4) is 0 Å². The van der Waals surface area contributed by atoms with E-state index in [0.29, 0.717) is 23.2 Å². The summed E-state index contributed by atoms with van der Waals surface area (Å²) in [5.41, 5.74) is 9.15. The van der Waals surface area contributed by atoms with Gasteiger partial charge in [0.1, 0.15) is 4.83 Å². The molecule has 33 heavy (non-hydrogen) atoms. The molecule has 1 amide bonds. The Kier molecular flexibility index (Phi) is 6.30. The first-order valence-corrected chi connectivity index (χ1v) is 12.6. The maximum absolute atomic E-state index is 12.5. The number of nitrogens with one attached hydrogen (secondary N) is 1. The molecule has 3 N–H and O–H groups in total. The zero-order valence-electron chi connectivity index (χ0n) is 18.2. The van der Waals surface area contributed by atoms with Crippen LogP contribution in [0.5, 0.6) is 0 Å². The van der Waals surface area contributed by atoms with Crippen molar-refractivity contribution in [2.75, 3.05) is 24.6 Å². The molecular weight excluding hydrogens is 456 g/mol. The van der Waals surface area contributed by atoms with Crippen LogP contribution in [-0.4, -0.2) is 50.7 Å². The summed E-state index contributed by atoms with van der Waals surface area (Å²) in [6, 6.07) is 11.9. The molecule has 8 nitrogen and oxygen atoms in total. The van der Waals surface area contributed by atoms with Crippen LogP contribution in [0.2, 0.25) is 0 Å². The molecule has 1 atom stereocenters. The molecule has 1 aliphatic heterocycles. The fraction of sp³-hybridized carbons (Fsp3) is 0.304. The monoisotopic (exact) mass is 480 g/mol. The number of pyridine rings is 1. The van der Waals surface area contributed by atoms with Crippen molar-refractivity contribution in [3.8, 4) is 16.4 Å². The van der Waals surface area contributed by atoms with Gasteiger partial charge in [-0.3, -0.25) is 9.36 Å². The number of nitrogens with zero attached hydrogens (tertiary/aromatic N) is 4.